The molecule has 3 rings (SSSR count). The van der Waals surface area contributed by atoms with Crippen molar-refractivity contribution in [3.05, 3.63) is 16.1 Å². The summed E-state index contributed by atoms with van der Waals surface area (Å²) in [5, 5.41) is 1.01. The maximum Gasteiger partial charge on any atom is 0.246 e. The second kappa shape index (κ2) is 6.58. The maximum absolute atomic E-state index is 12.7. The lowest BCUT2D eigenvalue weighted by atomic mass is 9.84. The third-order valence-electron chi connectivity index (χ3n) is 4.34. The van der Waals surface area contributed by atoms with Gasteiger partial charge in [-0.15, -0.1) is 23.1 Å². The van der Waals surface area contributed by atoms with Crippen molar-refractivity contribution in [3.63, 3.8) is 0 Å². The van der Waals surface area contributed by atoms with Gasteiger partial charge in [-0.05, 0) is 19.8 Å². The molecule has 0 spiro atoms. The first-order valence-electron chi connectivity index (χ1n) is 7.61. The molecule has 1 saturated heterocycles. The number of amides is 2. The number of nitrogens with zero attached hydrogens (tertiary/aromatic N) is 3. The molecule has 1 saturated carbocycles. The summed E-state index contributed by atoms with van der Waals surface area (Å²) < 4.78 is 0. The number of aromatic nitrogens is 1. The van der Waals surface area contributed by atoms with Crippen molar-refractivity contribution in [3.8, 4) is 0 Å². The van der Waals surface area contributed by atoms with Gasteiger partial charge in [0.05, 0.1) is 17.4 Å². The number of thioether (sulfide) groups is 1. The predicted octanol–water partition coefficient (Wildman–Crippen LogP) is 2.11. The van der Waals surface area contributed by atoms with Gasteiger partial charge in [0.15, 0.2) is 0 Å². The first kappa shape index (κ1) is 15.8. The van der Waals surface area contributed by atoms with Gasteiger partial charge in [0, 0.05) is 29.8 Å². The van der Waals surface area contributed by atoms with E-state index in [0.29, 0.717) is 18.2 Å². The zero-order chi connectivity index (χ0) is 15.7. The Morgan fingerprint density at radius 3 is 2.82 bits per heavy atom. The zero-order valence-electron chi connectivity index (χ0n) is 12.9. The van der Waals surface area contributed by atoms with Gasteiger partial charge < -0.3 is 9.80 Å². The molecule has 5 nitrogen and oxygen atoms in total. The number of carbonyl (C=O) groups is 2. The third-order valence-corrected chi connectivity index (χ3v) is 6.25. The first-order chi connectivity index (χ1) is 10.6. The van der Waals surface area contributed by atoms with E-state index in [9.17, 15) is 9.59 Å². The molecule has 2 aliphatic rings. The highest BCUT2D eigenvalue weighted by molar-refractivity contribution is 7.99. The van der Waals surface area contributed by atoms with Crippen molar-refractivity contribution >= 4 is 34.9 Å². The third kappa shape index (κ3) is 3.15. The second-order valence-corrected chi connectivity index (χ2v) is 8.31. The van der Waals surface area contributed by atoms with E-state index >= 15 is 0 Å². The lowest BCUT2D eigenvalue weighted by Gasteiger charge is -2.33. The fraction of sp³-hybridized carbons (Fsp3) is 0.667. The highest BCUT2D eigenvalue weighted by Gasteiger charge is 2.40. The molecule has 0 N–H and O–H groups in total. The summed E-state index contributed by atoms with van der Waals surface area (Å²) in [6.45, 7) is 2.53. The molecule has 1 aliphatic carbocycles. The molecule has 2 amide bonds. The number of likely N-dealkylation sites (N-methyl/N-ethyl adjacent to an activating group) is 1. The molecule has 22 heavy (non-hydrogen) atoms. The normalized spacial score (nSPS) is 21.7. The Morgan fingerprint density at radius 1 is 1.45 bits per heavy atom. The van der Waals surface area contributed by atoms with Gasteiger partial charge in [-0.2, -0.15) is 0 Å². The van der Waals surface area contributed by atoms with Crippen LogP contribution < -0.4 is 0 Å². The summed E-state index contributed by atoms with van der Waals surface area (Å²) in [6, 6.07) is -0.294. The van der Waals surface area contributed by atoms with Crippen LogP contribution in [0.3, 0.4) is 0 Å². The molecule has 1 unspecified atom stereocenters. The van der Waals surface area contributed by atoms with Gasteiger partial charge >= 0.3 is 0 Å². The van der Waals surface area contributed by atoms with Crippen LogP contribution in [-0.4, -0.2) is 51.3 Å². The van der Waals surface area contributed by atoms with Crippen LogP contribution in [0.15, 0.2) is 6.20 Å². The summed E-state index contributed by atoms with van der Waals surface area (Å²) in [6.07, 6.45) is 4.93. The molecule has 1 atom stereocenters. The van der Waals surface area contributed by atoms with Crippen LogP contribution in [0.4, 0.5) is 0 Å². The van der Waals surface area contributed by atoms with Crippen molar-refractivity contribution in [2.24, 2.45) is 5.92 Å². The van der Waals surface area contributed by atoms with Crippen LogP contribution in [0.2, 0.25) is 0 Å². The van der Waals surface area contributed by atoms with E-state index < -0.39 is 0 Å². The van der Waals surface area contributed by atoms with Crippen LogP contribution >= 0.6 is 23.1 Å². The molecule has 0 aromatic carbocycles. The highest BCUT2D eigenvalue weighted by Crippen LogP contribution is 2.32. The number of rotatable bonds is 4. The average molecular weight is 339 g/mol. The Morgan fingerprint density at radius 2 is 2.23 bits per heavy atom. The minimum atomic E-state index is -0.294. The monoisotopic (exact) mass is 339 g/mol. The van der Waals surface area contributed by atoms with E-state index in [4.69, 9.17) is 0 Å². The second-order valence-electron chi connectivity index (χ2n) is 5.99. The van der Waals surface area contributed by atoms with E-state index in [1.54, 1.807) is 32.9 Å². The predicted molar refractivity (Wildman–Crippen MR) is 88.6 cm³/mol. The Labute approximate surface area is 139 Å². The average Bonchev–Trinajstić information content (AvgIpc) is 3.04. The molecular weight excluding hydrogens is 318 g/mol. The Bertz CT molecular complexity index is 571. The quantitative estimate of drug-likeness (QED) is 0.843. The minimum absolute atomic E-state index is 0.0451. The SMILES string of the molecule is Cc1ncc(CN(C)C(=O)C2CSCN2C(=O)C2CCC2)s1. The molecular formula is C15H21N3O2S2. The van der Waals surface area contributed by atoms with E-state index in [-0.39, 0.29) is 23.8 Å². The van der Waals surface area contributed by atoms with Crippen molar-refractivity contribution in [1.82, 2.24) is 14.8 Å². The maximum atomic E-state index is 12.7. The van der Waals surface area contributed by atoms with Gasteiger partial charge in [0.2, 0.25) is 11.8 Å². The van der Waals surface area contributed by atoms with E-state index in [0.717, 1.165) is 29.1 Å². The molecule has 0 bridgehead atoms. The van der Waals surface area contributed by atoms with Crippen molar-refractivity contribution in [2.75, 3.05) is 18.7 Å². The van der Waals surface area contributed by atoms with Gasteiger partial charge in [-0.25, -0.2) is 4.98 Å². The summed E-state index contributed by atoms with van der Waals surface area (Å²) >= 11 is 3.28. The van der Waals surface area contributed by atoms with E-state index in [1.807, 2.05) is 20.2 Å². The molecule has 1 aromatic heterocycles. The van der Waals surface area contributed by atoms with Gasteiger partial charge in [-0.3, -0.25) is 9.59 Å². The molecule has 2 heterocycles. The van der Waals surface area contributed by atoms with Crippen LogP contribution in [0.25, 0.3) is 0 Å². The molecule has 2 fully saturated rings. The van der Waals surface area contributed by atoms with Crippen LogP contribution in [-0.2, 0) is 16.1 Å². The molecule has 120 valence electrons. The summed E-state index contributed by atoms with van der Waals surface area (Å²) in [5.41, 5.74) is 0. The molecule has 1 aromatic rings. The van der Waals surface area contributed by atoms with Crippen LogP contribution in [0.1, 0.15) is 29.1 Å². The van der Waals surface area contributed by atoms with Gasteiger partial charge in [-0.1, -0.05) is 6.42 Å². The standard InChI is InChI=1S/C15H21N3O2S2/c1-10-16-6-12(22-10)7-17(2)15(20)13-8-21-9-18(13)14(19)11-4-3-5-11/h6,11,13H,3-5,7-9H2,1-2H3. The zero-order valence-corrected chi connectivity index (χ0v) is 14.6. The van der Waals surface area contributed by atoms with Crippen LogP contribution in [0, 0.1) is 12.8 Å². The summed E-state index contributed by atoms with van der Waals surface area (Å²) in [5.74, 6) is 1.74. The highest BCUT2D eigenvalue weighted by atomic mass is 32.2. The summed E-state index contributed by atoms with van der Waals surface area (Å²) in [7, 11) is 1.81. The molecule has 1 aliphatic heterocycles. The van der Waals surface area contributed by atoms with Crippen molar-refractivity contribution in [2.45, 2.75) is 38.8 Å². The number of thiazole rings is 1. The molecule has 0 radical (unpaired) electrons. The van der Waals surface area contributed by atoms with Crippen molar-refractivity contribution in [1.29, 1.82) is 0 Å². The number of aryl methyl sites for hydroxylation is 1. The van der Waals surface area contributed by atoms with E-state index in [1.165, 1.54) is 0 Å². The lowest BCUT2D eigenvalue weighted by molar-refractivity contribution is -0.146. The van der Waals surface area contributed by atoms with Gasteiger partial charge in [0.25, 0.3) is 0 Å². The fourth-order valence-electron chi connectivity index (χ4n) is 2.80. The van der Waals surface area contributed by atoms with Gasteiger partial charge in [0.1, 0.15) is 6.04 Å². The smallest absolute Gasteiger partial charge is 0.246 e. The Kier molecular flexibility index (Phi) is 4.73. The lowest BCUT2D eigenvalue weighted by Crippen LogP contribution is -2.50. The van der Waals surface area contributed by atoms with E-state index in [2.05, 4.69) is 4.98 Å². The first-order valence-corrected chi connectivity index (χ1v) is 9.58. The Balaban J connectivity index is 1.63. The van der Waals surface area contributed by atoms with Crippen molar-refractivity contribution < 1.29 is 9.59 Å². The summed E-state index contributed by atoms with van der Waals surface area (Å²) in [4.78, 5) is 34.0. The van der Waals surface area contributed by atoms with Crippen LogP contribution in [0.5, 0.6) is 0 Å². The number of hydrogen-bond donors (Lipinski definition) is 0. The largest absolute Gasteiger partial charge is 0.339 e. The molecule has 7 heteroatoms. The Hall–Kier alpha value is -1.08. The number of carbonyl (C=O) groups excluding carboxylic acids is 2. The fourth-order valence-corrected chi connectivity index (χ4v) is 4.80. The topological polar surface area (TPSA) is 53.5 Å². The number of hydrogen-bond acceptors (Lipinski definition) is 5. The minimum Gasteiger partial charge on any atom is -0.339 e.